The fourth-order valence-corrected chi connectivity index (χ4v) is 1.94. The third-order valence-corrected chi connectivity index (χ3v) is 3.03. The van der Waals surface area contributed by atoms with E-state index in [1.54, 1.807) is 18.0 Å². The summed E-state index contributed by atoms with van der Waals surface area (Å²) in [6.07, 6.45) is 4.00. The number of hydrogen-bond acceptors (Lipinski definition) is 4. The molecule has 0 fully saturated rings. The summed E-state index contributed by atoms with van der Waals surface area (Å²) in [5.41, 5.74) is 0. The molecule has 0 radical (unpaired) electrons. The van der Waals surface area contributed by atoms with E-state index in [4.69, 9.17) is 10.2 Å². The highest BCUT2D eigenvalue weighted by Gasteiger charge is 2.03. The van der Waals surface area contributed by atoms with Crippen LogP contribution in [0.3, 0.4) is 0 Å². The first-order valence-corrected chi connectivity index (χ1v) is 5.72. The third-order valence-electron chi connectivity index (χ3n) is 1.91. The summed E-state index contributed by atoms with van der Waals surface area (Å²) in [5.74, 6) is 2.55. The van der Waals surface area contributed by atoms with Gasteiger partial charge in [0.25, 0.3) is 0 Å². The van der Waals surface area contributed by atoms with Crippen molar-refractivity contribution in [3.8, 4) is 0 Å². The van der Waals surface area contributed by atoms with Crippen LogP contribution in [-0.2, 0) is 13.5 Å². The maximum atomic E-state index is 9.08. The molecule has 5 heteroatoms. The summed E-state index contributed by atoms with van der Waals surface area (Å²) >= 11 is 1.63. The van der Waals surface area contributed by atoms with Crippen LogP contribution in [0.25, 0.3) is 0 Å². The molecule has 1 unspecified atom stereocenters. The molecule has 0 amide bonds. The Hall–Kier alpha value is -0.520. The first-order valence-electron chi connectivity index (χ1n) is 4.57. The lowest BCUT2D eigenvalue weighted by atomic mass is 10.4. The van der Waals surface area contributed by atoms with Crippen molar-refractivity contribution in [1.29, 1.82) is 0 Å². The average Bonchev–Trinajstić information content (AvgIpc) is 2.58. The highest BCUT2D eigenvalue weighted by Crippen LogP contribution is 2.06. The first-order chi connectivity index (χ1) is 6.74. The molecule has 1 atom stereocenters. The van der Waals surface area contributed by atoms with Crippen molar-refractivity contribution in [2.45, 2.75) is 12.5 Å². The molecule has 0 saturated carbocycles. The van der Waals surface area contributed by atoms with E-state index in [1.807, 2.05) is 17.8 Å². The molecule has 0 aliphatic carbocycles. The third kappa shape index (κ3) is 3.69. The van der Waals surface area contributed by atoms with E-state index in [-0.39, 0.29) is 6.61 Å². The minimum atomic E-state index is -0.596. The fourth-order valence-electron chi connectivity index (χ4n) is 1.07. The smallest absolute Gasteiger partial charge is 0.109 e. The van der Waals surface area contributed by atoms with E-state index in [9.17, 15) is 0 Å². The molecular formula is C9H16N2O2S. The van der Waals surface area contributed by atoms with Gasteiger partial charge >= 0.3 is 0 Å². The van der Waals surface area contributed by atoms with E-state index in [0.29, 0.717) is 5.75 Å². The maximum Gasteiger partial charge on any atom is 0.109 e. The topological polar surface area (TPSA) is 58.3 Å². The molecule has 0 aromatic carbocycles. The monoisotopic (exact) mass is 216 g/mol. The molecule has 1 heterocycles. The average molecular weight is 216 g/mol. The largest absolute Gasteiger partial charge is 0.394 e. The van der Waals surface area contributed by atoms with Crippen LogP contribution in [0.1, 0.15) is 5.82 Å². The zero-order chi connectivity index (χ0) is 10.4. The maximum absolute atomic E-state index is 9.08. The van der Waals surface area contributed by atoms with Gasteiger partial charge in [-0.2, -0.15) is 11.8 Å². The van der Waals surface area contributed by atoms with E-state index in [1.165, 1.54) is 0 Å². The van der Waals surface area contributed by atoms with E-state index in [2.05, 4.69) is 4.98 Å². The lowest BCUT2D eigenvalue weighted by Crippen LogP contribution is -2.15. The standard InChI is InChI=1S/C9H16N2O2S/c1-11-4-3-10-9(11)2-5-14-7-8(13)6-12/h3-4,8,12-13H,2,5-7H2,1H3. The summed E-state index contributed by atoms with van der Waals surface area (Å²) in [6.45, 7) is -0.157. The number of hydrogen-bond donors (Lipinski definition) is 2. The van der Waals surface area contributed by atoms with Gasteiger partial charge in [0.1, 0.15) is 5.82 Å². The molecule has 0 bridgehead atoms. The van der Waals surface area contributed by atoms with Gasteiger partial charge in [0, 0.05) is 37.4 Å². The van der Waals surface area contributed by atoms with Gasteiger partial charge in [-0.25, -0.2) is 4.98 Å². The molecule has 0 spiro atoms. The number of aryl methyl sites for hydroxylation is 2. The van der Waals surface area contributed by atoms with Crippen LogP contribution >= 0.6 is 11.8 Å². The van der Waals surface area contributed by atoms with Crippen molar-refractivity contribution in [3.05, 3.63) is 18.2 Å². The van der Waals surface area contributed by atoms with Crippen molar-refractivity contribution in [1.82, 2.24) is 9.55 Å². The van der Waals surface area contributed by atoms with Gasteiger partial charge in [-0.05, 0) is 0 Å². The van der Waals surface area contributed by atoms with Gasteiger partial charge in [0.15, 0.2) is 0 Å². The van der Waals surface area contributed by atoms with Gasteiger partial charge in [-0.15, -0.1) is 0 Å². The molecule has 1 rings (SSSR count). The van der Waals surface area contributed by atoms with Crippen LogP contribution in [-0.4, -0.2) is 44.0 Å². The van der Waals surface area contributed by atoms with Crippen molar-refractivity contribution >= 4 is 11.8 Å². The van der Waals surface area contributed by atoms with Gasteiger partial charge < -0.3 is 14.8 Å². The molecule has 1 aromatic heterocycles. The fraction of sp³-hybridized carbons (Fsp3) is 0.667. The van der Waals surface area contributed by atoms with Gasteiger partial charge in [-0.3, -0.25) is 0 Å². The van der Waals surface area contributed by atoms with Crippen molar-refractivity contribution in [2.75, 3.05) is 18.1 Å². The minimum absolute atomic E-state index is 0.157. The second-order valence-corrected chi connectivity index (χ2v) is 4.27. The highest BCUT2D eigenvalue weighted by atomic mass is 32.2. The van der Waals surface area contributed by atoms with E-state index >= 15 is 0 Å². The number of imidazole rings is 1. The van der Waals surface area contributed by atoms with Crippen molar-refractivity contribution in [3.63, 3.8) is 0 Å². The predicted molar refractivity (Wildman–Crippen MR) is 57.3 cm³/mol. The molecule has 14 heavy (non-hydrogen) atoms. The van der Waals surface area contributed by atoms with E-state index in [0.717, 1.165) is 18.0 Å². The van der Waals surface area contributed by atoms with Crippen molar-refractivity contribution in [2.24, 2.45) is 7.05 Å². The van der Waals surface area contributed by atoms with Crippen molar-refractivity contribution < 1.29 is 10.2 Å². The first kappa shape index (κ1) is 11.6. The van der Waals surface area contributed by atoms with E-state index < -0.39 is 6.10 Å². The molecule has 2 N–H and O–H groups in total. The molecule has 80 valence electrons. The Kier molecular flexibility index (Phi) is 5.00. The summed E-state index contributed by atoms with van der Waals surface area (Å²) in [7, 11) is 1.97. The van der Waals surface area contributed by atoms with Crippen LogP contribution in [0.15, 0.2) is 12.4 Å². The molecule has 4 nitrogen and oxygen atoms in total. The Morgan fingerprint density at radius 3 is 3.00 bits per heavy atom. The highest BCUT2D eigenvalue weighted by molar-refractivity contribution is 7.99. The van der Waals surface area contributed by atoms with Gasteiger partial charge in [-0.1, -0.05) is 0 Å². The zero-order valence-electron chi connectivity index (χ0n) is 8.26. The Morgan fingerprint density at radius 2 is 2.43 bits per heavy atom. The Bertz CT molecular complexity index is 265. The summed E-state index contributed by atoms with van der Waals surface area (Å²) in [4.78, 5) is 4.19. The van der Waals surface area contributed by atoms with Gasteiger partial charge in [0.2, 0.25) is 0 Å². The minimum Gasteiger partial charge on any atom is -0.394 e. The number of aliphatic hydroxyl groups is 2. The predicted octanol–water partition coefficient (Wildman–Crippen LogP) is 0.0490. The number of aliphatic hydroxyl groups excluding tert-OH is 2. The number of nitrogens with zero attached hydrogens (tertiary/aromatic N) is 2. The zero-order valence-corrected chi connectivity index (χ0v) is 9.07. The lowest BCUT2D eigenvalue weighted by Gasteiger charge is -2.06. The number of thioether (sulfide) groups is 1. The van der Waals surface area contributed by atoms with Crippen LogP contribution < -0.4 is 0 Å². The molecule has 0 aliphatic heterocycles. The molecule has 1 aromatic rings. The normalized spacial score (nSPS) is 13.1. The Labute approximate surface area is 88.0 Å². The van der Waals surface area contributed by atoms with Crippen LogP contribution in [0.5, 0.6) is 0 Å². The second-order valence-electron chi connectivity index (χ2n) is 3.12. The quantitative estimate of drug-likeness (QED) is 0.660. The Balaban J connectivity index is 2.13. The number of rotatable bonds is 6. The van der Waals surface area contributed by atoms with Gasteiger partial charge in [0.05, 0.1) is 12.7 Å². The molecular weight excluding hydrogens is 200 g/mol. The SMILES string of the molecule is Cn1ccnc1CCSCC(O)CO. The lowest BCUT2D eigenvalue weighted by molar-refractivity contribution is 0.113. The van der Waals surface area contributed by atoms with Crippen LogP contribution in [0, 0.1) is 0 Å². The summed E-state index contributed by atoms with van der Waals surface area (Å²) in [5, 5.41) is 17.7. The number of aromatic nitrogens is 2. The molecule has 0 aliphatic rings. The van der Waals surface area contributed by atoms with Crippen LogP contribution in [0.2, 0.25) is 0 Å². The summed E-state index contributed by atoms with van der Waals surface area (Å²) in [6, 6.07) is 0. The molecule has 0 saturated heterocycles. The summed E-state index contributed by atoms with van der Waals surface area (Å²) < 4.78 is 1.99. The second kappa shape index (κ2) is 6.06. The Morgan fingerprint density at radius 1 is 1.64 bits per heavy atom. The van der Waals surface area contributed by atoms with Crippen LogP contribution in [0.4, 0.5) is 0 Å².